The number of benzene rings is 1. The van der Waals surface area contributed by atoms with Gasteiger partial charge in [0.1, 0.15) is 5.75 Å². The molecule has 3 nitrogen and oxygen atoms in total. The van der Waals surface area contributed by atoms with Gasteiger partial charge in [-0.2, -0.15) is 13.2 Å². The predicted molar refractivity (Wildman–Crippen MR) is 71.3 cm³/mol. The van der Waals surface area contributed by atoms with Crippen LogP contribution in [0.3, 0.4) is 0 Å². The molecule has 0 spiro atoms. The normalized spacial score (nSPS) is 13.9. The molecule has 0 bridgehead atoms. The highest BCUT2D eigenvalue weighted by atomic mass is 28.4. The third kappa shape index (κ3) is 5.24. The molecule has 1 N–H and O–H groups in total. The van der Waals surface area contributed by atoms with Crippen LogP contribution in [0.15, 0.2) is 24.3 Å². The fourth-order valence-corrected chi connectivity index (χ4v) is 2.47. The highest BCUT2D eigenvalue weighted by Gasteiger charge is 2.44. The molecule has 0 amide bonds. The van der Waals surface area contributed by atoms with Crippen molar-refractivity contribution in [3.05, 3.63) is 29.8 Å². The second-order valence-electron chi connectivity index (χ2n) is 5.49. The molecule has 7 heteroatoms. The molecule has 0 aliphatic rings. The fourth-order valence-electron chi connectivity index (χ4n) is 1.63. The minimum absolute atomic E-state index is 0.317. The van der Waals surface area contributed by atoms with Gasteiger partial charge in [-0.1, -0.05) is 12.1 Å². The highest BCUT2D eigenvalue weighted by molar-refractivity contribution is 6.70. The van der Waals surface area contributed by atoms with Crippen molar-refractivity contribution in [2.45, 2.75) is 32.2 Å². The van der Waals surface area contributed by atoms with Gasteiger partial charge in [0.25, 0.3) is 0 Å². The van der Waals surface area contributed by atoms with Gasteiger partial charge in [-0.3, -0.25) is 4.79 Å². The van der Waals surface area contributed by atoms with E-state index in [2.05, 4.69) is 0 Å². The SMILES string of the molecule is C[Si](C)(C)Oc1ccc(CC(C(=O)O)C(F)(F)F)cc1. The molecule has 0 saturated heterocycles. The molecular formula is C13H17F3O3Si. The summed E-state index contributed by atoms with van der Waals surface area (Å²) in [4.78, 5) is 10.7. The molecule has 1 atom stereocenters. The number of aliphatic carboxylic acids is 1. The Labute approximate surface area is 116 Å². The number of carboxylic acid groups (broad SMARTS) is 1. The van der Waals surface area contributed by atoms with Crippen molar-refractivity contribution in [2.24, 2.45) is 5.92 Å². The van der Waals surface area contributed by atoms with E-state index in [9.17, 15) is 18.0 Å². The molecule has 0 fully saturated rings. The average molecular weight is 306 g/mol. The van der Waals surface area contributed by atoms with Crippen LogP contribution in [0.5, 0.6) is 5.75 Å². The molecule has 0 aliphatic heterocycles. The maximum Gasteiger partial charge on any atom is 0.402 e. The summed E-state index contributed by atoms with van der Waals surface area (Å²) in [5.74, 6) is -3.65. The molecular weight excluding hydrogens is 289 g/mol. The van der Waals surface area contributed by atoms with Crippen LogP contribution in [-0.4, -0.2) is 25.6 Å². The lowest BCUT2D eigenvalue weighted by Gasteiger charge is -2.20. The standard InChI is InChI=1S/C13H17F3O3Si/c1-20(2,3)19-10-6-4-9(5-7-10)8-11(12(17)18)13(14,15)16/h4-7,11H,8H2,1-3H3,(H,17,18). The summed E-state index contributed by atoms with van der Waals surface area (Å²) in [5.41, 5.74) is 0.317. The summed E-state index contributed by atoms with van der Waals surface area (Å²) in [6, 6.07) is 6.08. The lowest BCUT2D eigenvalue weighted by molar-refractivity contribution is -0.193. The topological polar surface area (TPSA) is 46.5 Å². The molecule has 0 aliphatic carbocycles. The predicted octanol–water partition coefficient (Wildman–Crippen LogP) is 3.71. The maximum absolute atomic E-state index is 12.6. The maximum atomic E-state index is 12.6. The Kier molecular flexibility index (Phi) is 4.85. The van der Waals surface area contributed by atoms with Crippen LogP contribution >= 0.6 is 0 Å². The zero-order chi connectivity index (χ0) is 15.6. The molecule has 0 heterocycles. The van der Waals surface area contributed by atoms with Gasteiger partial charge in [-0.05, 0) is 43.8 Å². The van der Waals surface area contributed by atoms with E-state index in [4.69, 9.17) is 9.53 Å². The molecule has 1 unspecified atom stereocenters. The summed E-state index contributed by atoms with van der Waals surface area (Å²) < 4.78 is 43.4. The molecule has 0 aromatic heterocycles. The fraction of sp³-hybridized carbons (Fsp3) is 0.462. The Morgan fingerprint density at radius 1 is 1.25 bits per heavy atom. The first-order chi connectivity index (χ1) is 8.99. The first-order valence-corrected chi connectivity index (χ1v) is 9.47. The van der Waals surface area contributed by atoms with Crippen LogP contribution in [0.4, 0.5) is 13.2 Å². The summed E-state index contributed by atoms with van der Waals surface area (Å²) in [5, 5.41) is 8.64. The van der Waals surface area contributed by atoms with Crippen molar-refractivity contribution in [3.63, 3.8) is 0 Å². The molecule has 1 aromatic rings. The van der Waals surface area contributed by atoms with Crippen molar-refractivity contribution in [1.82, 2.24) is 0 Å². The largest absolute Gasteiger partial charge is 0.544 e. The summed E-state index contributed by atoms with van der Waals surface area (Å²) >= 11 is 0. The van der Waals surface area contributed by atoms with Crippen molar-refractivity contribution in [1.29, 1.82) is 0 Å². The molecule has 0 saturated carbocycles. The third-order valence-electron chi connectivity index (χ3n) is 2.48. The summed E-state index contributed by atoms with van der Waals surface area (Å²) in [7, 11) is -1.77. The second-order valence-corrected chi connectivity index (χ2v) is 9.92. The average Bonchev–Trinajstić information content (AvgIpc) is 2.23. The second kappa shape index (κ2) is 5.86. The van der Waals surface area contributed by atoms with E-state index in [1.165, 1.54) is 12.1 Å². The van der Waals surface area contributed by atoms with Crippen LogP contribution in [0.1, 0.15) is 5.56 Å². The molecule has 1 rings (SSSR count). The molecule has 1 aromatic carbocycles. The van der Waals surface area contributed by atoms with E-state index in [-0.39, 0.29) is 0 Å². The number of hydrogen-bond acceptors (Lipinski definition) is 2. The van der Waals surface area contributed by atoms with Gasteiger partial charge in [-0.15, -0.1) is 0 Å². The molecule has 112 valence electrons. The van der Waals surface area contributed by atoms with E-state index in [0.717, 1.165) is 0 Å². The van der Waals surface area contributed by atoms with Gasteiger partial charge >= 0.3 is 12.1 Å². The Morgan fingerprint density at radius 3 is 2.10 bits per heavy atom. The number of carboxylic acids is 1. The van der Waals surface area contributed by atoms with Crippen molar-refractivity contribution < 1.29 is 27.5 Å². The number of alkyl halides is 3. The van der Waals surface area contributed by atoms with Gasteiger partial charge in [0.15, 0.2) is 5.92 Å². The Morgan fingerprint density at radius 2 is 1.75 bits per heavy atom. The van der Waals surface area contributed by atoms with Gasteiger partial charge in [0, 0.05) is 0 Å². The van der Waals surface area contributed by atoms with Gasteiger partial charge in [0.2, 0.25) is 8.32 Å². The zero-order valence-electron chi connectivity index (χ0n) is 11.5. The molecule has 20 heavy (non-hydrogen) atoms. The minimum atomic E-state index is -4.75. The van der Waals surface area contributed by atoms with Crippen LogP contribution in [-0.2, 0) is 11.2 Å². The van der Waals surface area contributed by atoms with Crippen molar-refractivity contribution in [2.75, 3.05) is 0 Å². The first kappa shape index (κ1) is 16.6. The Bertz CT molecular complexity index is 463. The first-order valence-electron chi connectivity index (χ1n) is 6.06. The van der Waals surface area contributed by atoms with Crippen LogP contribution in [0.2, 0.25) is 19.6 Å². The lowest BCUT2D eigenvalue weighted by atomic mass is 9.99. The van der Waals surface area contributed by atoms with E-state index in [1.54, 1.807) is 12.1 Å². The number of carbonyl (C=O) groups is 1. The van der Waals surface area contributed by atoms with E-state index >= 15 is 0 Å². The smallest absolute Gasteiger partial charge is 0.402 e. The van der Waals surface area contributed by atoms with Crippen LogP contribution < -0.4 is 4.43 Å². The number of halogens is 3. The molecule has 0 radical (unpaired) electrons. The van der Waals surface area contributed by atoms with E-state index in [0.29, 0.717) is 11.3 Å². The van der Waals surface area contributed by atoms with E-state index in [1.807, 2.05) is 19.6 Å². The number of rotatable bonds is 5. The Hall–Kier alpha value is -1.50. The van der Waals surface area contributed by atoms with E-state index < -0.39 is 32.8 Å². The van der Waals surface area contributed by atoms with Gasteiger partial charge < -0.3 is 9.53 Å². The monoisotopic (exact) mass is 306 g/mol. The van der Waals surface area contributed by atoms with Crippen molar-refractivity contribution in [3.8, 4) is 5.75 Å². The van der Waals surface area contributed by atoms with Crippen LogP contribution in [0.25, 0.3) is 0 Å². The summed E-state index contributed by atoms with van der Waals surface area (Å²) in [6.45, 7) is 5.97. The van der Waals surface area contributed by atoms with Crippen molar-refractivity contribution >= 4 is 14.3 Å². The van der Waals surface area contributed by atoms with Gasteiger partial charge in [0.05, 0.1) is 0 Å². The minimum Gasteiger partial charge on any atom is -0.544 e. The quantitative estimate of drug-likeness (QED) is 0.844. The third-order valence-corrected chi connectivity index (χ3v) is 3.33. The van der Waals surface area contributed by atoms with Crippen LogP contribution in [0, 0.1) is 5.92 Å². The Balaban J connectivity index is 2.81. The zero-order valence-corrected chi connectivity index (χ0v) is 12.5. The number of hydrogen-bond donors (Lipinski definition) is 1. The summed E-state index contributed by atoms with van der Waals surface area (Å²) in [6.07, 6.45) is -5.33. The highest BCUT2D eigenvalue weighted by Crippen LogP contribution is 2.30. The lowest BCUT2D eigenvalue weighted by Crippen LogP contribution is -2.32. The van der Waals surface area contributed by atoms with Gasteiger partial charge in [-0.25, -0.2) is 0 Å².